The number of rotatable bonds is 13. The Hall–Kier alpha value is -1.66. The number of aliphatic hydroxyl groups is 1. The van der Waals surface area contributed by atoms with E-state index in [2.05, 4.69) is 20.1 Å². The summed E-state index contributed by atoms with van der Waals surface area (Å²) in [5, 5.41) is 9.08. The van der Waals surface area contributed by atoms with E-state index in [-0.39, 0.29) is 24.7 Å². The molecular formula is C27H44O6. The van der Waals surface area contributed by atoms with Crippen LogP contribution in [0.2, 0.25) is 0 Å². The number of ether oxygens (including phenoxy) is 3. The SMILES string of the molecule is C=C(C)C(=O)OCC(COC(=O)C(=C)CO)C1CCC(COC2CCC(CCC)CC2)CC1. The van der Waals surface area contributed by atoms with E-state index in [4.69, 9.17) is 19.3 Å². The minimum Gasteiger partial charge on any atom is -0.462 e. The lowest BCUT2D eigenvalue weighted by Gasteiger charge is -2.35. The van der Waals surface area contributed by atoms with E-state index in [9.17, 15) is 9.59 Å². The Kier molecular flexibility index (Phi) is 12.2. The first-order valence-corrected chi connectivity index (χ1v) is 12.7. The van der Waals surface area contributed by atoms with Gasteiger partial charge in [0.25, 0.3) is 0 Å². The molecule has 0 saturated heterocycles. The van der Waals surface area contributed by atoms with Crippen LogP contribution in [0.5, 0.6) is 0 Å². The van der Waals surface area contributed by atoms with Gasteiger partial charge in [-0.15, -0.1) is 0 Å². The first-order valence-electron chi connectivity index (χ1n) is 12.7. The molecule has 33 heavy (non-hydrogen) atoms. The number of hydrogen-bond donors (Lipinski definition) is 1. The van der Waals surface area contributed by atoms with Crippen molar-refractivity contribution in [1.29, 1.82) is 0 Å². The maximum absolute atomic E-state index is 11.9. The van der Waals surface area contributed by atoms with Crippen LogP contribution in [0.25, 0.3) is 0 Å². The Morgan fingerprint density at radius 3 is 2.03 bits per heavy atom. The number of carbonyl (C=O) groups is 2. The fourth-order valence-electron chi connectivity index (χ4n) is 5.07. The van der Waals surface area contributed by atoms with Crippen molar-refractivity contribution in [1.82, 2.24) is 0 Å². The molecular weight excluding hydrogens is 420 g/mol. The quantitative estimate of drug-likeness (QED) is 0.305. The number of esters is 2. The smallest absolute Gasteiger partial charge is 0.335 e. The molecule has 0 heterocycles. The topological polar surface area (TPSA) is 82.1 Å². The van der Waals surface area contributed by atoms with Crippen LogP contribution in [-0.2, 0) is 23.8 Å². The maximum Gasteiger partial charge on any atom is 0.335 e. The molecule has 0 aromatic carbocycles. The van der Waals surface area contributed by atoms with Gasteiger partial charge in [-0.2, -0.15) is 0 Å². The largest absolute Gasteiger partial charge is 0.462 e. The monoisotopic (exact) mass is 464 g/mol. The molecule has 2 rings (SSSR count). The van der Waals surface area contributed by atoms with Gasteiger partial charge < -0.3 is 19.3 Å². The van der Waals surface area contributed by atoms with Gasteiger partial charge in [0.2, 0.25) is 0 Å². The zero-order chi connectivity index (χ0) is 24.2. The van der Waals surface area contributed by atoms with Gasteiger partial charge in [0.1, 0.15) is 0 Å². The second kappa shape index (κ2) is 14.6. The van der Waals surface area contributed by atoms with Crippen molar-refractivity contribution in [3.63, 3.8) is 0 Å². The molecule has 1 unspecified atom stereocenters. The highest BCUT2D eigenvalue weighted by Crippen LogP contribution is 2.35. The van der Waals surface area contributed by atoms with E-state index in [0.717, 1.165) is 38.2 Å². The second-order valence-corrected chi connectivity index (χ2v) is 10.0. The first-order chi connectivity index (χ1) is 15.8. The average molecular weight is 465 g/mol. The Bertz CT molecular complexity index is 641. The van der Waals surface area contributed by atoms with Gasteiger partial charge in [0, 0.05) is 18.1 Å². The third-order valence-electron chi connectivity index (χ3n) is 7.30. The molecule has 1 atom stereocenters. The zero-order valence-corrected chi connectivity index (χ0v) is 20.7. The molecule has 0 amide bonds. The predicted molar refractivity (Wildman–Crippen MR) is 129 cm³/mol. The molecule has 1 N–H and O–H groups in total. The molecule has 0 radical (unpaired) electrons. The molecule has 6 nitrogen and oxygen atoms in total. The van der Waals surface area contributed by atoms with E-state index in [1.54, 1.807) is 6.92 Å². The van der Waals surface area contributed by atoms with Crippen molar-refractivity contribution in [2.45, 2.75) is 84.2 Å². The third-order valence-corrected chi connectivity index (χ3v) is 7.30. The number of hydrogen-bond acceptors (Lipinski definition) is 6. The molecule has 2 fully saturated rings. The van der Waals surface area contributed by atoms with E-state index >= 15 is 0 Å². The van der Waals surface area contributed by atoms with Crippen molar-refractivity contribution in [3.05, 3.63) is 24.3 Å². The Morgan fingerprint density at radius 2 is 1.48 bits per heavy atom. The summed E-state index contributed by atoms with van der Waals surface area (Å²) in [7, 11) is 0. The number of carbonyl (C=O) groups excluding carboxylic acids is 2. The summed E-state index contributed by atoms with van der Waals surface area (Å²) in [6, 6.07) is 0. The van der Waals surface area contributed by atoms with Crippen LogP contribution < -0.4 is 0 Å². The van der Waals surface area contributed by atoms with Crippen LogP contribution in [-0.4, -0.2) is 49.6 Å². The van der Waals surface area contributed by atoms with Crippen LogP contribution in [0.3, 0.4) is 0 Å². The van der Waals surface area contributed by atoms with Gasteiger partial charge in [0.15, 0.2) is 0 Å². The van der Waals surface area contributed by atoms with E-state index < -0.39 is 18.5 Å². The minimum atomic E-state index is -0.607. The maximum atomic E-state index is 11.9. The van der Waals surface area contributed by atoms with E-state index in [1.807, 2.05) is 0 Å². The first kappa shape index (κ1) is 27.6. The van der Waals surface area contributed by atoms with Gasteiger partial charge in [-0.25, -0.2) is 9.59 Å². The molecule has 0 bridgehead atoms. The molecule has 0 spiro atoms. The van der Waals surface area contributed by atoms with Crippen LogP contribution in [0, 0.1) is 23.7 Å². The normalized spacial score (nSPS) is 26.3. The third kappa shape index (κ3) is 9.62. The fraction of sp³-hybridized carbons (Fsp3) is 0.778. The molecule has 0 aliphatic heterocycles. The molecule has 2 aliphatic carbocycles. The van der Waals surface area contributed by atoms with Crippen LogP contribution in [0.4, 0.5) is 0 Å². The van der Waals surface area contributed by atoms with Gasteiger partial charge in [0.05, 0.1) is 31.5 Å². The summed E-state index contributed by atoms with van der Waals surface area (Å²) in [4.78, 5) is 23.8. The highest BCUT2D eigenvalue weighted by molar-refractivity contribution is 5.88. The summed E-state index contributed by atoms with van der Waals surface area (Å²) in [6.07, 6.45) is 12.2. The molecule has 0 aromatic heterocycles. The average Bonchev–Trinajstić information content (AvgIpc) is 2.83. The minimum absolute atomic E-state index is 0.0252. The second-order valence-electron chi connectivity index (χ2n) is 10.0. The van der Waals surface area contributed by atoms with Crippen molar-refractivity contribution in [2.75, 3.05) is 26.4 Å². The standard InChI is InChI=1S/C27H44O6/c1-5-6-21-9-13-25(14-10-21)31-16-22-7-11-23(12-8-22)24(17-32-26(29)19(2)3)18-33-27(30)20(4)15-28/h21-25,28H,2,4-18H2,1,3H3. The Balaban J connectivity index is 1.78. The number of aliphatic hydroxyl groups excluding tert-OH is 1. The van der Waals surface area contributed by atoms with E-state index in [1.165, 1.54) is 38.5 Å². The summed E-state index contributed by atoms with van der Waals surface area (Å²) >= 11 is 0. The fourth-order valence-corrected chi connectivity index (χ4v) is 5.07. The van der Waals surface area contributed by atoms with Crippen LogP contribution in [0.1, 0.15) is 78.1 Å². The zero-order valence-electron chi connectivity index (χ0n) is 20.7. The van der Waals surface area contributed by atoms with Gasteiger partial charge in [-0.05, 0) is 76.0 Å². The summed E-state index contributed by atoms with van der Waals surface area (Å²) < 4.78 is 17.0. The summed E-state index contributed by atoms with van der Waals surface area (Å²) in [5.41, 5.74) is 0.376. The van der Waals surface area contributed by atoms with Crippen molar-refractivity contribution in [2.24, 2.45) is 23.7 Å². The Labute approximate surface area is 199 Å². The van der Waals surface area contributed by atoms with Crippen molar-refractivity contribution < 1.29 is 28.9 Å². The van der Waals surface area contributed by atoms with Crippen LogP contribution in [0.15, 0.2) is 24.3 Å². The van der Waals surface area contributed by atoms with Gasteiger partial charge >= 0.3 is 11.9 Å². The van der Waals surface area contributed by atoms with Crippen molar-refractivity contribution >= 4 is 11.9 Å². The highest BCUT2D eigenvalue weighted by Gasteiger charge is 2.31. The van der Waals surface area contributed by atoms with Crippen LogP contribution >= 0.6 is 0 Å². The van der Waals surface area contributed by atoms with Gasteiger partial charge in [-0.1, -0.05) is 32.9 Å². The predicted octanol–water partition coefficient (Wildman–Crippen LogP) is 5.00. The molecule has 6 heteroatoms. The lowest BCUT2D eigenvalue weighted by atomic mass is 9.76. The molecule has 2 aliphatic rings. The summed E-state index contributed by atoms with van der Waals surface area (Å²) in [5.74, 6) is 0.638. The summed E-state index contributed by atoms with van der Waals surface area (Å²) in [6.45, 7) is 11.8. The highest BCUT2D eigenvalue weighted by atomic mass is 16.5. The van der Waals surface area contributed by atoms with E-state index in [0.29, 0.717) is 23.5 Å². The Morgan fingerprint density at radius 1 is 0.909 bits per heavy atom. The lowest BCUT2D eigenvalue weighted by Crippen LogP contribution is -2.32. The molecule has 0 aromatic rings. The van der Waals surface area contributed by atoms with Crippen molar-refractivity contribution in [3.8, 4) is 0 Å². The molecule has 2 saturated carbocycles. The molecule has 188 valence electrons. The van der Waals surface area contributed by atoms with Gasteiger partial charge in [-0.3, -0.25) is 0 Å². The lowest BCUT2D eigenvalue weighted by molar-refractivity contribution is -0.146.